The van der Waals surface area contributed by atoms with E-state index in [0.29, 0.717) is 22.0 Å². The predicted molar refractivity (Wildman–Crippen MR) is 66.6 cm³/mol. The molecule has 0 bridgehead atoms. The van der Waals surface area contributed by atoms with Crippen molar-refractivity contribution in [1.29, 1.82) is 0 Å². The van der Waals surface area contributed by atoms with E-state index in [9.17, 15) is 4.39 Å². The summed E-state index contributed by atoms with van der Waals surface area (Å²) in [5.74, 6) is 0.296. The maximum absolute atomic E-state index is 13.0. The number of nitrogens with two attached hydrogens (primary N) is 1. The van der Waals surface area contributed by atoms with Gasteiger partial charge in [0.05, 0.1) is 0 Å². The molecule has 88 valence electrons. The number of anilines is 1. The van der Waals surface area contributed by atoms with Gasteiger partial charge in [-0.25, -0.2) is 4.39 Å². The second-order valence-corrected chi connectivity index (χ2v) is 4.03. The first-order chi connectivity index (χ1) is 8.15. The molecular formula is C13H11ClFNO. The minimum absolute atomic E-state index is 0.212. The van der Waals surface area contributed by atoms with Gasteiger partial charge in [0.15, 0.2) is 0 Å². The Kier molecular flexibility index (Phi) is 3.49. The molecule has 2 aromatic rings. The van der Waals surface area contributed by atoms with E-state index in [-0.39, 0.29) is 12.4 Å². The fourth-order valence-corrected chi connectivity index (χ4v) is 1.60. The highest BCUT2D eigenvalue weighted by molar-refractivity contribution is 6.30. The van der Waals surface area contributed by atoms with Gasteiger partial charge in [0.1, 0.15) is 18.2 Å². The third-order valence-electron chi connectivity index (χ3n) is 2.30. The zero-order valence-corrected chi connectivity index (χ0v) is 9.75. The molecule has 0 aliphatic rings. The van der Waals surface area contributed by atoms with E-state index in [4.69, 9.17) is 22.1 Å². The van der Waals surface area contributed by atoms with Crippen molar-refractivity contribution in [3.05, 3.63) is 58.9 Å². The monoisotopic (exact) mass is 251 g/mol. The summed E-state index contributed by atoms with van der Waals surface area (Å²) < 4.78 is 18.5. The highest BCUT2D eigenvalue weighted by atomic mass is 35.5. The highest BCUT2D eigenvalue weighted by Gasteiger charge is 2.02. The Bertz CT molecular complexity index is 531. The van der Waals surface area contributed by atoms with Crippen LogP contribution in [0.2, 0.25) is 5.02 Å². The van der Waals surface area contributed by atoms with Crippen molar-refractivity contribution < 1.29 is 9.13 Å². The van der Waals surface area contributed by atoms with Crippen LogP contribution in [0.3, 0.4) is 0 Å². The molecule has 0 unspecified atom stereocenters. The number of nitrogen functional groups attached to an aromatic ring is 1. The summed E-state index contributed by atoms with van der Waals surface area (Å²) in [6.07, 6.45) is 0. The highest BCUT2D eigenvalue weighted by Crippen LogP contribution is 2.20. The van der Waals surface area contributed by atoms with Crippen molar-refractivity contribution in [3.63, 3.8) is 0 Å². The van der Waals surface area contributed by atoms with Crippen molar-refractivity contribution in [2.75, 3.05) is 5.73 Å². The number of hydrogen-bond acceptors (Lipinski definition) is 2. The van der Waals surface area contributed by atoms with Gasteiger partial charge in [-0.3, -0.25) is 0 Å². The maximum atomic E-state index is 13.0. The standard InChI is InChI=1S/C13H11ClFNO/c14-10-2-1-3-12(7-10)17-8-9-6-11(15)4-5-13(9)16/h1-7H,8,16H2. The van der Waals surface area contributed by atoms with Gasteiger partial charge in [-0.15, -0.1) is 0 Å². The normalized spacial score (nSPS) is 10.2. The molecule has 0 fully saturated rings. The number of benzene rings is 2. The Morgan fingerprint density at radius 1 is 1.18 bits per heavy atom. The first-order valence-corrected chi connectivity index (χ1v) is 5.45. The number of ether oxygens (including phenoxy) is 1. The molecule has 2 rings (SSSR count). The second-order valence-electron chi connectivity index (χ2n) is 3.59. The first-order valence-electron chi connectivity index (χ1n) is 5.07. The Labute approximate surface area is 104 Å². The fourth-order valence-electron chi connectivity index (χ4n) is 1.42. The molecule has 17 heavy (non-hydrogen) atoms. The molecule has 4 heteroatoms. The van der Waals surface area contributed by atoms with Crippen LogP contribution >= 0.6 is 11.6 Å². The lowest BCUT2D eigenvalue weighted by molar-refractivity contribution is 0.306. The van der Waals surface area contributed by atoms with Crippen LogP contribution in [0.15, 0.2) is 42.5 Å². The largest absolute Gasteiger partial charge is 0.489 e. The molecule has 2 aromatic carbocycles. The molecule has 0 amide bonds. The summed E-state index contributed by atoms with van der Waals surface area (Å²) >= 11 is 5.82. The summed E-state index contributed by atoms with van der Waals surface area (Å²) in [6, 6.07) is 11.2. The zero-order chi connectivity index (χ0) is 12.3. The summed E-state index contributed by atoms with van der Waals surface area (Å²) in [5, 5.41) is 0.592. The lowest BCUT2D eigenvalue weighted by Gasteiger charge is -2.08. The summed E-state index contributed by atoms with van der Waals surface area (Å²) in [7, 11) is 0. The van der Waals surface area contributed by atoms with Gasteiger partial charge in [0.25, 0.3) is 0 Å². The van der Waals surface area contributed by atoms with Gasteiger partial charge in [0, 0.05) is 16.3 Å². The predicted octanol–water partition coefficient (Wildman–Crippen LogP) is 3.64. The maximum Gasteiger partial charge on any atom is 0.123 e. The molecule has 0 aromatic heterocycles. The van der Waals surface area contributed by atoms with Gasteiger partial charge in [-0.05, 0) is 36.4 Å². The Balaban J connectivity index is 2.09. The van der Waals surface area contributed by atoms with E-state index < -0.39 is 0 Å². The average Bonchev–Trinajstić information content (AvgIpc) is 2.30. The van der Waals surface area contributed by atoms with Crippen LogP contribution in [0.5, 0.6) is 5.75 Å². The average molecular weight is 252 g/mol. The molecule has 2 N–H and O–H groups in total. The van der Waals surface area contributed by atoms with E-state index in [1.165, 1.54) is 18.2 Å². The van der Waals surface area contributed by atoms with E-state index in [1.54, 1.807) is 24.3 Å². The molecule has 0 atom stereocenters. The zero-order valence-electron chi connectivity index (χ0n) is 8.99. The molecule has 0 aliphatic heterocycles. The van der Waals surface area contributed by atoms with Crippen molar-refractivity contribution in [3.8, 4) is 5.75 Å². The molecule has 2 nitrogen and oxygen atoms in total. The van der Waals surface area contributed by atoms with Crippen LogP contribution in [0.4, 0.5) is 10.1 Å². The van der Waals surface area contributed by atoms with Gasteiger partial charge < -0.3 is 10.5 Å². The number of hydrogen-bond donors (Lipinski definition) is 1. The van der Waals surface area contributed by atoms with Crippen LogP contribution in [-0.2, 0) is 6.61 Å². The lowest BCUT2D eigenvalue weighted by atomic mass is 10.2. The van der Waals surface area contributed by atoms with E-state index >= 15 is 0 Å². The van der Waals surface area contributed by atoms with Crippen LogP contribution < -0.4 is 10.5 Å². The molecular weight excluding hydrogens is 241 g/mol. The minimum atomic E-state index is -0.330. The van der Waals surface area contributed by atoms with Crippen molar-refractivity contribution in [1.82, 2.24) is 0 Å². The van der Waals surface area contributed by atoms with Crippen molar-refractivity contribution in [2.24, 2.45) is 0 Å². The van der Waals surface area contributed by atoms with E-state index in [1.807, 2.05) is 0 Å². The van der Waals surface area contributed by atoms with Gasteiger partial charge in [-0.1, -0.05) is 17.7 Å². The minimum Gasteiger partial charge on any atom is -0.489 e. The molecule has 0 radical (unpaired) electrons. The molecule has 0 aliphatic carbocycles. The van der Waals surface area contributed by atoms with Crippen LogP contribution in [0.1, 0.15) is 5.56 Å². The molecule has 0 saturated carbocycles. The van der Waals surface area contributed by atoms with Gasteiger partial charge >= 0.3 is 0 Å². The summed E-state index contributed by atoms with van der Waals surface area (Å²) in [6.45, 7) is 0.212. The Hall–Kier alpha value is -1.74. The quantitative estimate of drug-likeness (QED) is 0.846. The SMILES string of the molecule is Nc1ccc(F)cc1COc1cccc(Cl)c1. The molecule has 0 heterocycles. The fraction of sp³-hybridized carbons (Fsp3) is 0.0769. The second kappa shape index (κ2) is 5.06. The smallest absolute Gasteiger partial charge is 0.123 e. The first kappa shape index (κ1) is 11.7. The Morgan fingerprint density at radius 2 is 2.00 bits per heavy atom. The van der Waals surface area contributed by atoms with Crippen LogP contribution in [0.25, 0.3) is 0 Å². The summed E-state index contributed by atoms with van der Waals surface area (Å²) in [4.78, 5) is 0. The lowest BCUT2D eigenvalue weighted by Crippen LogP contribution is -2.00. The third-order valence-corrected chi connectivity index (χ3v) is 2.53. The number of rotatable bonds is 3. The van der Waals surface area contributed by atoms with Crippen molar-refractivity contribution in [2.45, 2.75) is 6.61 Å². The van der Waals surface area contributed by atoms with Crippen molar-refractivity contribution >= 4 is 17.3 Å². The molecule has 0 saturated heterocycles. The number of halogens is 2. The van der Waals surface area contributed by atoms with E-state index in [2.05, 4.69) is 0 Å². The van der Waals surface area contributed by atoms with Gasteiger partial charge in [-0.2, -0.15) is 0 Å². The third kappa shape index (κ3) is 3.11. The van der Waals surface area contributed by atoms with E-state index in [0.717, 1.165) is 0 Å². The van der Waals surface area contributed by atoms with Gasteiger partial charge in [0.2, 0.25) is 0 Å². The molecule has 0 spiro atoms. The summed E-state index contributed by atoms with van der Waals surface area (Å²) in [5.41, 5.74) is 6.83. The van der Waals surface area contributed by atoms with Crippen LogP contribution in [0, 0.1) is 5.82 Å². The van der Waals surface area contributed by atoms with Crippen LogP contribution in [-0.4, -0.2) is 0 Å². The topological polar surface area (TPSA) is 35.2 Å². The Morgan fingerprint density at radius 3 is 2.76 bits per heavy atom.